The summed E-state index contributed by atoms with van der Waals surface area (Å²) in [5, 5.41) is 4.19. The number of carbonyl (C=O) groups is 2. The molecule has 0 saturated heterocycles. The van der Waals surface area contributed by atoms with E-state index in [4.69, 9.17) is 25.8 Å². The van der Waals surface area contributed by atoms with Gasteiger partial charge in [0.1, 0.15) is 24.7 Å². The Hall–Kier alpha value is -3.74. The molecular weight excluding hydrogens is 578 g/mol. The Morgan fingerprint density at radius 3 is 2.48 bits per heavy atom. The smallest absolute Gasteiger partial charge is 0.344 e. The number of hydrogen-bond donors (Lipinski definition) is 1. The van der Waals surface area contributed by atoms with Crippen LogP contribution in [0.15, 0.2) is 82.8 Å². The molecule has 0 spiro atoms. The standard InChI is InChI=1S/C27H28ClN3O7S2/c1-36-25-13-10-21(28)16-24(25)31(40(34,35)23-6-4-3-5-7-23)18-26(32)30-29-17-20-8-11-22(12-9-20)38-19-27(33)37-14-15-39-2/h3-13,16-17H,14-15,18-19H2,1-2H3,(H,30,32). The second-order valence-corrected chi connectivity index (χ2v) is 11.3. The molecule has 0 aromatic heterocycles. The Balaban J connectivity index is 1.67. The molecule has 0 unspecified atom stereocenters. The molecule has 0 radical (unpaired) electrons. The maximum Gasteiger partial charge on any atom is 0.344 e. The van der Waals surface area contributed by atoms with Gasteiger partial charge < -0.3 is 14.2 Å². The fraction of sp³-hybridized carbons (Fsp3) is 0.222. The lowest BCUT2D eigenvalue weighted by Gasteiger charge is -2.25. The summed E-state index contributed by atoms with van der Waals surface area (Å²) in [7, 11) is -2.78. The van der Waals surface area contributed by atoms with Crippen molar-refractivity contribution in [2.24, 2.45) is 5.10 Å². The van der Waals surface area contributed by atoms with E-state index in [9.17, 15) is 18.0 Å². The number of methoxy groups -OCH3 is 1. The minimum Gasteiger partial charge on any atom is -0.495 e. The van der Waals surface area contributed by atoms with Crippen LogP contribution in [0, 0.1) is 0 Å². The minimum absolute atomic E-state index is 0.0103. The van der Waals surface area contributed by atoms with Crippen LogP contribution >= 0.6 is 23.4 Å². The molecule has 0 saturated carbocycles. The van der Waals surface area contributed by atoms with Gasteiger partial charge in [-0.2, -0.15) is 16.9 Å². The predicted molar refractivity (Wildman–Crippen MR) is 156 cm³/mol. The first kappa shape index (κ1) is 30.8. The number of halogens is 1. The van der Waals surface area contributed by atoms with E-state index < -0.39 is 28.4 Å². The van der Waals surface area contributed by atoms with Crippen LogP contribution in [-0.2, 0) is 24.3 Å². The van der Waals surface area contributed by atoms with Crippen molar-refractivity contribution in [3.63, 3.8) is 0 Å². The van der Waals surface area contributed by atoms with Crippen molar-refractivity contribution in [3.05, 3.63) is 83.4 Å². The molecule has 0 heterocycles. The van der Waals surface area contributed by atoms with Crippen molar-refractivity contribution >= 4 is 57.2 Å². The summed E-state index contributed by atoms with van der Waals surface area (Å²) >= 11 is 7.72. The molecule has 0 atom stereocenters. The molecule has 13 heteroatoms. The fourth-order valence-corrected chi connectivity index (χ4v) is 5.16. The van der Waals surface area contributed by atoms with Gasteiger partial charge in [-0.05, 0) is 66.4 Å². The Bertz CT molecular complexity index is 1420. The van der Waals surface area contributed by atoms with E-state index in [1.807, 2.05) is 6.26 Å². The predicted octanol–water partition coefficient (Wildman–Crippen LogP) is 3.98. The van der Waals surface area contributed by atoms with E-state index in [2.05, 4.69) is 10.5 Å². The third kappa shape index (κ3) is 8.90. The van der Waals surface area contributed by atoms with Crippen molar-refractivity contribution in [2.75, 3.05) is 43.2 Å². The molecule has 3 aromatic rings. The molecule has 3 aromatic carbocycles. The Labute approximate surface area is 242 Å². The first-order valence-corrected chi connectivity index (χ1v) is 15.1. The molecule has 0 aliphatic carbocycles. The van der Waals surface area contributed by atoms with Crippen molar-refractivity contribution in [2.45, 2.75) is 4.90 Å². The maximum atomic E-state index is 13.5. The lowest BCUT2D eigenvalue weighted by molar-refractivity contribution is -0.145. The van der Waals surface area contributed by atoms with Gasteiger partial charge >= 0.3 is 5.97 Å². The van der Waals surface area contributed by atoms with Crippen LogP contribution in [0.1, 0.15) is 5.56 Å². The first-order valence-electron chi connectivity index (χ1n) is 11.8. The van der Waals surface area contributed by atoms with Gasteiger partial charge in [0.15, 0.2) is 6.61 Å². The van der Waals surface area contributed by atoms with Gasteiger partial charge in [-0.3, -0.25) is 9.10 Å². The van der Waals surface area contributed by atoms with Gasteiger partial charge in [0, 0.05) is 10.8 Å². The van der Waals surface area contributed by atoms with Crippen molar-refractivity contribution < 1.29 is 32.2 Å². The van der Waals surface area contributed by atoms with Gasteiger partial charge in [-0.25, -0.2) is 18.6 Å². The number of rotatable bonds is 14. The van der Waals surface area contributed by atoms with Gasteiger partial charge in [0.2, 0.25) is 0 Å². The Morgan fingerprint density at radius 1 is 1.07 bits per heavy atom. The number of hydrogen-bond acceptors (Lipinski definition) is 9. The summed E-state index contributed by atoms with van der Waals surface area (Å²) < 4.78 is 43.7. The van der Waals surface area contributed by atoms with E-state index in [-0.39, 0.29) is 28.0 Å². The highest BCUT2D eigenvalue weighted by Crippen LogP contribution is 2.34. The zero-order valence-electron chi connectivity index (χ0n) is 21.8. The van der Waals surface area contributed by atoms with Crippen LogP contribution in [-0.4, -0.2) is 65.4 Å². The number of thioether (sulfide) groups is 1. The van der Waals surface area contributed by atoms with Crippen molar-refractivity contribution in [1.82, 2.24) is 5.43 Å². The van der Waals surface area contributed by atoms with E-state index in [1.165, 1.54) is 37.6 Å². The zero-order chi connectivity index (χ0) is 29.0. The van der Waals surface area contributed by atoms with Gasteiger partial charge in [-0.15, -0.1) is 0 Å². The molecular formula is C27H28ClN3O7S2. The van der Waals surface area contributed by atoms with Crippen LogP contribution in [0.3, 0.4) is 0 Å². The summed E-state index contributed by atoms with van der Waals surface area (Å²) in [5.41, 5.74) is 3.07. The fourth-order valence-electron chi connectivity index (χ4n) is 3.29. The monoisotopic (exact) mass is 605 g/mol. The highest BCUT2D eigenvalue weighted by atomic mass is 35.5. The molecule has 1 N–H and O–H groups in total. The number of amides is 1. The Morgan fingerprint density at radius 2 is 1.80 bits per heavy atom. The number of ether oxygens (including phenoxy) is 3. The summed E-state index contributed by atoms with van der Waals surface area (Å²) in [5.74, 6) is 0.237. The lowest BCUT2D eigenvalue weighted by atomic mass is 10.2. The third-order valence-electron chi connectivity index (χ3n) is 5.22. The summed E-state index contributed by atoms with van der Waals surface area (Å²) in [6.45, 7) is -0.476. The topological polar surface area (TPSA) is 124 Å². The third-order valence-corrected chi connectivity index (χ3v) is 7.80. The van der Waals surface area contributed by atoms with E-state index >= 15 is 0 Å². The van der Waals surface area contributed by atoms with Crippen molar-refractivity contribution in [1.29, 1.82) is 0 Å². The van der Waals surface area contributed by atoms with E-state index in [0.29, 0.717) is 23.7 Å². The van der Waals surface area contributed by atoms with Crippen LogP contribution < -0.4 is 19.2 Å². The highest BCUT2D eigenvalue weighted by molar-refractivity contribution is 7.98. The second kappa shape index (κ2) is 15.2. The Kier molecular flexibility index (Phi) is 11.7. The highest BCUT2D eigenvalue weighted by Gasteiger charge is 2.29. The quantitative estimate of drug-likeness (QED) is 0.127. The SMILES string of the molecule is COc1ccc(Cl)cc1N(CC(=O)NN=Cc1ccc(OCC(=O)OCCSC)cc1)S(=O)(=O)c1ccccc1. The second-order valence-electron chi connectivity index (χ2n) is 8.01. The van der Waals surface area contributed by atoms with Gasteiger partial charge in [-0.1, -0.05) is 29.8 Å². The molecule has 3 rings (SSSR count). The van der Waals surface area contributed by atoms with E-state index in [1.54, 1.807) is 60.3 Å². The lowest BCUT2D eigenvalue weighted by Crippen LogP contribution is -2.39. The number of anilines is 1. The molecule has 0 aliphatic rings. The molecule has 0 bridgehead atoms. The summed E-state index contributed by atoms with van der Waals surface area (Å²) in [4.78, 5) is 24.4. The average molecular weight is 606 g/mol. The number of sulfonamides is 1. The van der Waals surface area contributed by atoms with E-state index in [0.717, 1.165) is 4.31 Å². The number of benzene rings is 3. The van der Waals surface area contributed by atoms with Crippen molar-refractivity contribution in [3.8, 4) is 11.5 Å². The maximum absolute atomic E-state index is 13.5. The van der Waals surface area contributed by atoms with Crippen LogP contribution in [0.2, 0.25) is 5.02 Å². The normalized spacial score (nSPS) is 11.2. The number of nitrogens with one attached hydrogen (secondary N) is 1. The van der Waals surface area contributed by atoms with Crippen LogP contribution in [0.4, 0.5) is 5.69 Å². The average Bonchev–Trinajstić information content (AvgIpc) is 2.96. The van der Waals surface area contributed by atoms with Gasteiger partial charge in [0.25, 0.3) is 15.9 Å². The summed E-state index contributed by atoms with van der Waals surface area (Å²) in [6.07, 6.45) is 3.30. The zero-order valence-corrected chi connectivity index (χ0v) is 24.2. The molecule has 1 amide bonds. The minimum atomic E-state index is -4.16. The molecule has 40 heavy (non-hydrogen) atoms. The first-order chi connectivity index (χ1) is 19.2. The number of carbonyl (C=O) groups excluding carboxylic acids is 2. The number of esters is 1. The number of nitrogens with zero attached hydrogens (tertiary/aromatic N) is 2. The molecule has 0 aliphatic heterocycles. The molecule has 10 nitrogen and oxygen atoms in total. The molecule has 212 valence electrons. The molecule has 0 fully saturated rings. The van der Waals surface area contributed by atoms with Crippen LogP contribution in [0.25, 0.3) is 0 Å². The largest absolute Gasteiger partial charge is 0.495 e. The summed E-state index contributed by atoms with van der Waals surface area (Å²) in [6, 6.07) is 18.8. The van der Waals surface area contributed by atoms with Gasteiger partial charge in [0.05, 0.1) is 23.9 Å². The number of hydrazone groups is 1. The van der Waals surface area contributed by atoms with Crippen LogP contribution in [0.5, 0.6) is 11.5 Å².